The van der Waals surface area contributed by atoms with E-state index in [1.54, 1.807) is 38.1 Å². The third-order valence-corrected chi connectivity index (χ3v) is 3.98. The van der Waals surface area contributed by atoms with Gasteiger partial charge in [0, 0.05) is 11.1 Å². The van der Waals surface area contributed by atoms with Crippen molar-refractivity contribution in [3.05, 3.63) is 70.1 Å². The lowest BCUT2D eigenvalue weighted by Gasteiger charge is -2.14. The van der Waals surface area contributed by atoms with Crippen LogP contribution >= 0.6 is 0 Å². The summed E-state index contributed by atoms with van der Waals surface area (Å²) in [5.41, 5.74) is -1.25. The molecule has 0 atom stereocenters. The van der Waals surface area contributed by atoms with Gasteiger partial charge in [-0.05, 0) is 38.1 Å². The number of halogens is 3. The maximum atomic E-state index is 12.9. The number of nitrogens with one attached hydrogen (secondary N) is 1. The molecular formula is C19H16F3N3O2. The zero-order valence-corrected chi connectivity index (χ0v) is 14.5. The molecule has 0 bridgehead atoms. The quantitative estimate of drug-likeness (QED) is 0.744. The first kappa shape index (κ1) is 18.6. The Balaban J connectivity index is 2.07. The monoisotopic (exact) mass is 375 g/mol. The maximum absolute atomic E-state index is 12.9. The zero-order chi connectivity index (χ0) is 19.8. The van der Waals surface area contributed by atoms with Gasteiger partial charge in [0.05, 0.1) is 17.0 Å². The molecule has 5 nitrogen and oxygen atoms in total. The number of nitrogens with zero attached hydrogens (tertiary/aromatic N) is 2. The summed E-state index contributed by atoms with van der Waals surface area (Å²) in [5.74, 6) is -0.695. The van der Waals surface area contributed by atoms with Crippen LogP contribution < -0.4 is 10.9 Å². The van der Waals surface area contributed by atoms with Gasteiger partial charge in [-0.25, -0.2) is 4.68 Å². The molecule has 0 fully saturated rings. The summed E-state index contributed by atoms with van der Waals surface area (Å²) in [6.07, 6.45) is -4.52. The zero-order valence-electron chi connectivity index (χ0n) is 14.5. The minimum atomic E-state index is -4.52. The molecule has 0 spiro atoms. The Bertz CT molecular complexity index is 1070. The first-order chi connectivity index (χ1) is 12.7. The van der Waals surface area contributed by atoms with E-state index < -0.39 is 17.6 Å². The van der Waals surface area contributed by atoms with Crippen LogP contribution in [0.25, 0.3) is 10.8 Å². The minimum Gasteiger partial charge on any atom is -0.321 e. The summed E-state index contributed by atoms with van der Waals surface area (Å²) >= 11 is 0. The number of alkyl halides is 3. The highest BCUT2D eigenvalue weighted by molar-refractivity contribution is 6.11. The number of hydrogen-bond donors (Lipinski definition) is 1. The van der Waals surface area contributed by atoms with E-state index in [2.05, 4.69) is 10.4 Å². The van der Waals surface area contributed by atoms with Crippen molar-refractivity contribution in [2.24, 2.45) is 0 Å². The van der Waals surface area contributed by atoms with Gasteiger partial charge in [-0.15, -0.1) is 0 Å². The minimum absolute atomic E-state index is 0.0111. The Kier molecular flexibility index (Phi) is 4.73. The van der Waals surface area contributed by atoms with Gasteiger partial charge in [-0.1, -0.05) is 24.3 Å². The summed E-state index contributed by atoms with van der Waals surface area (Å²) in [4.78, 5) is 25.2. The molecule has 0 saturated carbocycles. The van der Waals surface area contributed by atoms with E-state index in [9.17, 15) is 22.8 Å². The normalized spacial score (nSPS) is 11.8. The molecule has 0 radical (unpaired) electrons. The Labute approximate surface area is 152 Å². The largest absolute Gasteiger partial charge is 0.416 e. The van der Waals surface area contributed by atoms with E-state index in [1.165, 1.54) is 16.8 Å². The summed E-state index contributed by atoms with van der Waals surface area (Å²) in [6.45, 7) is 3.50. The number of hydrogen-bond acceptors (Lipinski definition) is 3. The molecule has 1 amide bonds. The molecular weight excluding hydrogens is 359 g/mol. The van der Waals surface area contributed by atoms with Gasteiger partial charge < -0.3 is 5.32 Å². The molecule has 3 rings (SSSR count). The fraction of sp³-hybridized carbons (Fsp3) is 0.211. The van der Waals surface area contributed by atoms with Crippen LogP contribution in [0.1, 0.15) is 35.9 Å². The average Bonchev–Trinajstić information content (AvgIpc) is 2.61. The number of aromatic nitrogens is 2. The fourth-order valence-electron chi connectivity index (χ4n) is 2.69. The molecule has 0 aliphatic rings. The first-order valence-corrected chi connectivity index (χ1v) is 8.18. The molecule has 27 heavy (non-hydrogen) atoms. The summed E-state index contributed by atoms with van der Waals surface area (Å²) < 4.78 is 39.8. The van der Waals surface area contributed by atoms with E-state index in [-0.39, 0.29) is 23.0 Å². The van der Waals surface area contributed by atoms with Crippen molar-refractivity contribution in [2.45, 2.75) is 26.1 Å². The van der Waals surface area contributed by atoms with E-state index in [0.29, 0.717) is 10.8 Å². The highest BCUT2D eigenvalue weighted by Crippen LogP contribution is 2.30. The first-order valence-electron chi connectivity index (χ1n) is 8.18. The van der Waals surface area contributed by atoms with Gasteiger partial charge in [0.1, 0.15) is 0 Å². The second kappa shape index (κ2) is 6.86. The van der Waals surface area contributed by atoms with Gasteiger partial charge in [-0.3, -0.25) is 9.59 Å². The highest BCUT2D eigenvalue weighted by atomic mass is 19.4. The van der Waals surface area contributed by atoms with Crippen LogP contribution in [0.3, 0.4) is 0 Å². The van der Waals surface area contributed by atoms with Crippen molar-refractivity contribution in [3.63, 3.8) is 0 Å². The number of anilines is 1. The number of rotatable bonds is 3. The lowest BCUT2D eigenvalue weighted by molar-refractivity contribution is -0.137. The van der Waals surface area contributed by atoms with Crippen LogP contribution in [-0.2, 0) is 6.18 Å². The predicted molar refractivity (Wildman–Crippen MR) is 95.8 cm³/mol. The van der Waals surface area contributed by atoms with E-state index in [4.69, 9.17) is 0 Å². The number of carbonyl (C=O) groups excluding carboxylic acids is 1. The lowest BCUT2D eigenvalue weighted by atomic mass is 10.1. The molecule has 0 aliphatic carbocycles. The van der Waals surface area contributed by atoms with Crippen molar-refractivity contribution in [1.29, 1.82) is 0 Å². The molecule has 2 aromatic carbocycles. The molecule has 0 unspecified atom stereocenters. The Morgan fingerprint density at radius 1 is 1.07 bits per heavy atom. The SMILES string of the molecule is CC(C)n1nc(C(=O)Nc2cccc(C(F)(F)F)c2)c2ccccc2c1=O. The van der Waals surface area contributed by atoms with E-state index >= 15 is 0 Å². The highest BCUT2D eigenvalue weighted by Gasteiger charge is 2.30. The summed E-state index contributed by atoms with van der Waals surface area (Å²) in [7, 11) is 0. The Hall–Kier alpha value is -3.16. The molecule has 1 aromatic heterocycles. The standard InChI is InChI=1S/C19H16F3N3O2/c1-11(2)25-18(27)15-9-4-3-8-14(15)16(24-25)17(26)23-13-7-5-6-12(10-13)19(20,21)22/h3-11H,1-2H3,(H,23,26). The van der Waals surface area contributed by atoms with Crippen molar-refractivity contribution < 1.29 is 18.0 Å². The number of benzene rings is 2. The average molecular weight is 375 g/mol. The van der Waals surface area contributed by atoms with Gasteiger partial charge in [-0.2, -0.15) is 18.3 Å². The smallest absolute Gasteiger partial charge is 0.321 e. The molecule has 1 heterocycles. The van der Waals surface area contributed by atoms with Crippen molar-refractivity contribution in [1.82, 2.24) is 9.78 Å². The number of amides is 1. The van der Waals surface area contributed by atoms with Crippen molar-refractivity contribution in [3.8, 4) is 0 Å². The molecule has 1 N–H and O–H groups in total. The van der Waals surface area contributed by atoms with Crippen LogP contribution in [0.15, 0.2) is 53.3 Å². The van der Waals surface area contributed by atoms with Crippen molar-refractivity contribution in [2.75, 3.05) is 5.32 Å². The Morgan fingerprint density at radius 2 is 1.74 bits per heavy atom. The van der Waals surface area contributed by atoms with Crippen molar-refractivity contribution >= 4 is 22.4 Å². The van der Waals surface area contributed by atoms with Crippen LogP contribution in [0.4, 0.5) is 18.9 Å². The maximum Gasteiger partial charge on any atom is 0.416 e. The summed E-state index contributed by atoms with van der Waals surface area (Å²) in [5, 5.41) is 7.22. The molecule has 140 valence electrons. The number of carbonyl (C=O) groups is 1. The molecule has 0 aliphatic heterocycles. The lowest BCUT2D eigenvalue weighted by Crippen LogP contribution is -2.29. The fourth-order valence-corrected chi connectivity index (χ4v) is 2.69. The third-order valence-electron chi connectivity index (χ3n) is 3.98. The van der Waals surface area contributed by atoms with E-state index in [1.807, 2.05) is 0 Å². The Morgan fingerprint density at radius 3 is 2.37 bits per heavy atom. The molecule has 0 saturated heterocycles. The third kappa shape index (κ3) is 3.69. The van der Waals surface area contributed by atoms with Crippen LogP contribution in [-0.4, -0.2) is 15.7 Å². The topological polar surface area (TPSA) is 64.0 Å². The van der Waals surface area contributed by atoms with Gasteiger partial charge in [0.15, 0.2) is 5.69 Å². The second-order valence-corrected chi connectivity index (χ2v) is 6.27. The summed E-state index contributed by atoms with van der Waals surface area (Å²) in [6, 6.07) is 10.5. The van der Waals surface area contributed by atoms with Gasteiger partial charge >= 0.3 is 6.18 Å². The van der Waals surface area contributed by atoms with Gasteiger partial charge in [0.2, 0.25) is 0 Å². The number of fused-ring (bicyclic) bond motifs is 1. The van der Waals surface area contributed by atoms with Crippen LogP contribution in [0, 0.1) is 0 Å². The van der Waals surface area contributed by atoms with Crippen LogP contribution in [0.5, 0.6) is 0 Å². The van der Waals surface area contributed by atoms with E-state index in [0.717, 1.165) is 12.1 Å². The second-order valence-electron chi connectivity index (χ2n) is 6.27. The molecule has 8 heteroatoms. The van der Waals surface area contributed by atoms with Gasteiger partial charge in [0.25, 0.3) is 11.5 Å². The molecule has 3 aromatic rings. The predicted octanol–water partition coefficient (Wildman–Crippen LogP) is 4.25. The van der Waals surface area contributed by atoms with Crippen LogP contribution in [0.2, 0.25) is 0 Å².